The van der Waals surface area contributed by atoms with Gasteiger partial charge in [0, 0.05) is 13.2 Å². The second-order valence-electron chi connectivity index (χ2n) is 2.85. The maximum Gasteiger partial charge on any atom is 0.459 e. The highest BCUT2D eigenvalue weighted by Gasteiger charge is 2.33. The topological polar surface area (TPSA) is 66.8 Å². The first-order valence-corrected chi connectivity index (χ1v) is 5.55. The molecule has 0 bridgehead atoms. The van der Waals surface area contributed by atoms with Crippen LogP contribution >= 0.6 is 0 Å². The number of nitrogens with zero attached hydrogens (tertiary/aromatic N) is 1. The fourth-order valence-electron chi connectivity index (χ4n) is 0.695. The fourth-order valence-corrected chi connectivity index (χ4v) is 1.02. The summed E-state index contributed by atoms with van der Waals surface area (Å²) < 4.78 is 68.6. The van der Waals surface area contributed by atoms with Crippen LogP contribution < -0.4 is 0 Å². The lowest BCUT2D eigenvalue weighted by atomic mass is 10.4. The molecule has 92 valence electrons. The molecule has 0 heterocycles. The van der Waals surface area contributed by atoms with E-state index in [2.05, 4.69) is 4.74 Å². The molecule has 0 fully saturated rings. The van der Waals surface area contributed by atoms with Crippen LogP contribution in [0.2, 0.25) is 0 Å². The number of alkyl halides is 3. The quantitative estimate of drug-likeness (QED) is 0.427. The van der Waals surface area contributed by atoms with E-state index >= 15 is 0 Å². The average Bonchev–Trinajstić information content (AvgIpc) is 1.99. The summed E-state index contributed by atoms with van der Waals surface area (Å²) in [6, 6.07) is 0. The minimum absolute atomic E-state index is 0.0194. The van der Waals surface area contributed by atoms with Crippen molar-refractivity contribution in [1.29, 1.82) is 0 Å². The molecule has 0 spiro atoms. The van der Waals surface area contributed by atoms with E-state index in [4.69, 9.17) is 4.55 Å². The molecule has 1 N–H and O–H groups in total. The highest BCUT2D eigenvalue weighted by molar-refractivity contribution is 7.85. The molecule has 0 aromatic heterocycles. The highest BCUT2D eigenvalue weighted by Crippen LogP contribution is 2.18. The summed E-state index contributed by atoms with van der Waals surface area (Å²) in [6.07, 6.45) is -4.38. The predicted octanol–water partition coefficient (Wildman–Crippen LogP) is 0.690. The molecule has 0 amide bonds. The van der Waals surface area contributed by atoms with Crippen molar-refractivity contribution in [3.63, 3.8) is 0 Å². The lowest BCUT2D eigenvalue weighted by Crippen LogP contribution is -2.35. The number of hydrogen-bond acceptors (Lipinski definition) is 4. The van der Waals surface area contributed by atoms with Crippen LogP contribution in [-0.2, 0) is 14.9 Å². The van der Waals surface area contributed by atoms with Crippen molar-refractivity contribution in [3.05, 3.63) is 0 Å². The summed E-state index contributed by atoms with van der Waals surface area (Å²) in [4.78, 5) is 0.157. The van der Waals surface area contributed by atoms with Gasteiger partial charge in [-0.25, -0.2) is 4.90 Å². The van der Waals surface area contributed by atoms with Crippen LogP contribution in [0.15, 0.2) is 0 Å². The van der Waals surface area contributed by atoms with Crippen LogP contribution in [0.25, 0.3) is 0 Å². The van der Waals surface area contributed by atoms with Gasteiger partial charge in [-0.1, -0.05) is 0 Å². The zero-order valence-electron chi connectivity index (χ0n) is 7.99. The molecule has 0 saturated carbocycles. The molecule has 0 aliphatic heterocycles. The Morgan fingerprint density at radius 1 is 1.40 bits per heavy atom. The van der Waals surface area contributed by atoms with Gasteiger partial charge in [-0.15, -0.1) is 0 Å². The molecule has 0 aliphatic carbocycles. The molecule has 0 saturated heterocycles. The Hall–Kier alpha value is -0.380. The fraction of sp³-hybridized carbons (Fsp3) is 1.00. The molecule has 0 rings (SSSR count). The van der Waals surface area contributed by atoms with E-state index in [0.717, 1.165) is 7.05 Å². The summed E-state index contributed by atoms with van der Waals surface area (Å²) in [5, 5.41) is 0. The average molecular weight is 251 g/mol. The van der Waals surface area contributed by atoms with E-state index in [1.165, 1.54) is 0 Å². The molecule has 0 atom stereocenters. The Kier molecular flexibility index (Phi) is 5.49. The SMILES string of the molecule is CN(CCCOCS(=O)(=O)O)C(F)(F)F. The van der Waals surface area contributed by atoms with Gasteiger partial charge in [0.2, 0.25) is 0 Å². The molecule has 0 aliphatic rings. The normalized spacial score (nSPS) is 13.5. The first kappa shape index (κ1) is 14.6. The predicted molar refractivity (Wildman–Crippen MR) is 45.7 cm³/mol. The third kappa shape index (κ3) is 8.60. The summed E-state index contributed by atoms with van der Waals surface area (Å²) >= 11 is 0. The Morgan fingerprint density at radius 2 is 1.93 bits per heavy atom. The summed E-state index contributed by atoms with van der Waals surface area (Å²) in [5.74, 6) is -0.900. The molecule has 5 nitrogen and oxygen atoms in total. The Balaban J connectivity index is 3.56. The molecule has 0 radical (unpaired) electrons. The second kappa shape index (κ2) is 5.64. The van der Waals surface area contributed by atoms with Gasteiger partial charge in [0.15, 0.2) is 5.94 Å². The zero-order valence-corrected chi connectivity index (χ0v) is 8.81. The molecular formula is C6H12F3NO4S. The number of hydrogen-bond donors (Lipinski definition) is 1. The Labute approximate surface area is 85.6 Å². The van der Waals surface area contributed by atoms with Crippen LogP contribution in [0, 0.1) is 0 Å². The van der Waals surface area contributed by atoms with Gasteiger partial charge in [0.25, 0.3) is 10.1 Å². The van der Waals surface area contributed by atoms with Gasteiger partial charge in [-0.3, -0.25) is 4.55 Å². The minimum atomic E-state index is -4.40. The molecular weight excluding hydrogens is 239 g/mol. The standard InChI is InChI=1S/C6H12F3NO4S/c1-10(6(7,8)9)3-2-4-14-5-15(11,12)13/h2-5H2,1H3,(H,11,12,13). The molecule has 0 aromatic carbocycles. The van der Waals surface area contributed by atoms with Gasteiger partial charge < -0.3 is 4.74 Å². The van der Waals surface area contributed by atoms with Gasteiger partial charge in [0.05, 0.1) is 0 Å². The minimum Gasteiger partial charge on any atom is -0.363 e. The Morgan fingerprint density at radius 3 is 2.33 bits per heavy atom. The maximum absolute atomic E-state index is 11.9. The first-order chi connectivity index (χ1) is 6.63. The van der Waals surface area contributed by atoms with E-state index in [9.17, 15) is 21.6 Å². The zero-order chi connectivity index (χ0) is 12.1. The van der Waals surface area contributed by atoms with Crippen LogP contribution in [0.5, 0.6) is 0 Å². The molecule has 9 heteroatoms. The van der Waals surface area contributed by atoms with Crippen molar-refractivity contribution >= 4 is 10.1 Å². The van der Waals surface area contributed by atoms with Gasteiger partial charge in [-0.2, -0.15) is 21.6 Å². The van der Waals surface area contributed by atoms with Crippen LogP contribution in [0.1, 0.15) is 6.42 Å². The van der Waals surface area contributed by atoms with E-state index < -0.39 is 22.4 Å². The first-order valence-electron chi connectivity index (χ1n) is 3.94. The maximum atomic E-state index is 11.9. The van der Waals surface area contributed by atoms with Crippen molar-refractivity contribution in [2.24, 2.45) is 0 Å². The third-order valence-corrected chi connectivity index (χ3v) is 1.91. The van der Waals surface area contributed by atoms with Crippen molar-refractivity contribution in [3.8, 4) is 0 Å². The number of halogens is 3. The smallest absolute Gasteiger partial charge is 0.363 e. The van der Waals surface area contributed by atoms with Gasteiger partial charge in [0.1, 0.15) is 0 Å². The molecule has 15 heavy (non-hydrogen) atoms. The van der Waals surface area contributed by atoms with E-state index in [1.54, 1.807) is 0 Å². The van der Waals surface area contributed by atoms with Gasteiger partial charge in [-0.05, 0) is 13.5 Å². The van der Waals surface area contributed by atoms with E-state index in [0.29, 0.717) is 0 Å². The van der Waals surface area contributed by atoms with Crippen LogP contribution in [0.4, 0.5) is 13.2 Å². The summed E-state index contributed by atoms with van der Waals surface area (Å²) in [5.41, 5.74) is 0. The van der Waals surface area contributed by atoms with Crippen molar-refractivity contribution in [2.45, 2.75) is 12.7 Å². The van der Waals surface area contributed by atoms with Crippen molar-refractivity contribution in [2.75, 3.05) is 26.1 Å². The summed E-state index contributed by atoms with van der Waals surface area (Å²) in [6.45, 7) is -0.463. The monoisotopic (exact) mass is 251 g/mol. The van der Waals surface area contributed by atoms with E-state index in [1.807, 2.05) is 0 Å². The largest absolute Gasteiger partial charge is 0.459 e. The second-order valence-corrected chi connectivity index (χ2v) is 4.25. The lowest BCUT2D eigenvalue weighted by molar-refractivity contribution is -0.237. The highest BCUT2D eigenvalue weighted by atomic mass is 32.2. The number of ether oxygens (including phenoxy) is 1. The van der Waals surface area contributed by atoms with Crippen LogP contribution in [-0.4, -0.2) is 50.3 Å². The van der Waals surface area contributed by atoms with Crippen LogP contribution in [0.3, 0.4) is 0 Å². The summed E-state index contributed by atoms with van der Waals surface area (Å²) in [7, 11) is -3.33. The van der Waals surface area contributed by atoms with E-state index in [-0.39, 0.29) is 24.5 Å². The van der Waals surface area contributed by atoms with Crippen molar-refractivity contribution < 1.29 is 30.9 Å². The lowest BCUT2D eigenvalue weighted by Gasteiger charge is -2.19. The number of rotatable bonds is 6. The molecule has 0 aromatic rings. The van der Waals surface area contributed by atoms with Gasteiger partial charge >= 0.3 is 6.30 Å². The molecule has 0 unspecified atom stereocenters. The van der Waals surface area contributed by atoms with Crippen molar-refractivity contribution in [1.82, 2.24) is 4.90 Å². The Bertz CT molecular complexity index is 277. The third-order valence-electron chi connectivity index (χ3n) is 1.45.